The van der Waals surface area contributed by atoms with Crippen molar-refractivity contribution < 1.29 is 9.90 Å². The Morgan fingerprint density at radius 3 is 2.80 bits per heavy atom. The summed E-state index contributed by atoms with van der Waals surface area (Å²) < 4.78 is 0. The van der Waals surface area contributed by atoms with Crippen molar-refractivity contribution in [1.29, 1.82) is 0 Å². The van der Waals surface area contributed by atoms with Gasteiger partial charge in [0, 0.05) is 11.8 Å². The van der Waals surface area contributed by atoms with Crippen molar-refractivity contribution in [3.05, 3.63) is 58.3 Å². The number of carbonyl (C=O) groups excluding carboxylic acids is 1. The Kier molecular flexibility index (Phi) is 3.90. The molecule has 1 aromatic heterocycles. The highest BCUT2D eigenvalue weighted by Crippen LogP contribution is 2.16. The van der Waals surface area contributed by atoms with Crippen LogP contribution in [0.25, 0.3) is 0 Å². The summed E-state index contributed by atoms with van der Waals surface area (Å²) in [5.74, 6) is -0.614. The highest BCUT2D eigenvalue weighted by molar-refractivity contribution is 6.02. The average molecular weight is 272 g/mol. The zero-order valence-electron chi connectivity index (χ0n) is 10.6. The molecule has 20 heavy (non-hydrogen) atoms. The molecule has 102 valence electrons. The number of para-hydroxylation sites is 1. The molecule has 0 fully saturated rings. The van der Waals surface area contributed by atoms with Crippen LogP contribution in [0.2, 0.25) is 0 Å². The third kappa shape index (κ3) is 2.89. The van der Waals surface area contributed by atoms with Gasteiger partial charge in [-0.05, 0) is 19.1 Å². The Balaban J connectivity index is 2.18. The molecule has 0 aliphatic rings. The molecule has 0 bridgehead atoms. The molecular formula is C13H12N4O3. The van der Waals surface area contributed by atoms with E-state index in [1.807, 2.05) is 0 Å². The fourth-order valence-electron chi connectivity index (χ4n) is 1.54. The van der Waals surface area contributed by atoms with Crippen molar-refractivity contribution in [3.63, 3.8) is 0 Å². The van der Waals surface area contributed by atoms with Crippen molar-refractivity contribution in [3.8, 4) is 5.75 Å². The zero-order chi connectivity index (χ0) is 14.5. The van der Waals surface area contributed by atoms with E-state index < -0.39 is 11.5 Å². The van der Waals surface area contributed by atoms with E-state index in [2.05, 4.69) is 20.5 Å². The number of hydrazone groups is 1. The van der Waals surface area contributed by atoms with Crippen LogP contribution in [-0.4, -0.2) is 26.7 Å². The smallest absolute Gasteiger partial charge is 0.278 e. The second-order valence-corrected chi connectivity index (χ2v) is 3.95. The molecular weight excluding hydrogens is 260 g/mol. The Morgan fingerprint density at radius 2 is 2.10 bits per heavy atom. The average Bonchev–Trinajstić information content (AvgIpc) is 2.45. The van der Waals surface area contributed by atoms with Gasteiger partial charge in [-0.1, -0.05) is 12.1 Å². The molecule has 1 heterocycles. The fraction of sp³-hybridized carbons (Fsp3) is 0.0769. The van der Waals surface area contributed by atoms with E-state index in [-0.39, 0.29) is 11.3 Å². The molecule has 0 saturated carbocycles. The highest BCUT2D eigenvalue weighted by atomic mass is 16.3. The number of hydrogen-bond acceptors (Lipinski definition) is 5. The molecule has 0 unspecified atom stereocenters. The summed E-state index contributed by atoms with van der Waals surface area (Å²) >= 11 is 0. The molecule has 0 radical (unpaired) electrons. The predicted octanol–water partition coefficient (Wildman–Crippen LogP) is 0.629. The molecule has 2 rings (SSSR count). The number of nitrogens with zero attached hydrogens (tertiary/aromatic N) is 2. The standard InChI is InChI=1S/C13H12N4O3/c1-8(9-4-2-3-5-11(9)18)16-17-13(20)10-6-14-7-15-12(10)19/h2-7,18H,1H3,(H,17,20)(H,14,15,19)/b16-8-. The van der Waals surface area contributed by atoms with Crippen LogP contribution in [-0.2, 0) is 0 Å². The lowest BCUT2D eigenvalue weighted by Gasteiger charge is -2.04. The van der Waals surface area contributed by atoms with Gasteiger partial charge >= 0.3 is 0 Å². The molecule has 1 aromatic carbocycles. The quantitative estimate of drug-likeness (QED) is 0.562. The highest BCUT2D eigenvalue weighted by Gasteiger charge is 2.10. The van der Waals surface area contributed by atoms with Crippen LogP contribution in [0.5, 0.6) is 5.75 Å². The lowest BCUT2D eigenvalue weighted by molar-refractivity contribution is 0.0953. The van der Waals surface area contributed by atoms with E-state index in [1.54, 1.807) is 25.1 Å². The van der Waals surface area contributed by atoms with Crippen molar-refractivity contribution in [2.45, 2.75) is 6.92 Å². The molecule has 0 aliphatic carbocycles. The van der Waals surface area contributed by atoms with Gasteiger partial charge in [-0.3, -0.25) is 9.59 Å². The molecule has 3 N–H and O–H groups in total. The van der Waals surface area contributed by atoms with Crippen LogP contribution in [0.4, 0.5) is 0 Å². The minimum Gasteiger partial charge on any atom is -0.507 e. The van der Waals surface area contributed by atoms with Gasteiger partial charge in [0.05, 0.1) is 12.0 Å². The number of nitrogens with one attached hydrogen (secondary N) is 2. The third-order valence-electron chi connectivity index (χ3n) is 2.58. The number of phenols is 1. The van der Waals surface area contributed by atoms with E-state index in [1.165, 1.54) is 12.4 Å². The topological polar surface area (TPSA) is 107 Å². The summed E-state index contributed by atoms with van der Waals surface area (Å²) in [6.45, 7) is 1.63. The molecule has 1 amide bonds. The third-order valence-corrected chi connectivity index (χ3v) is 2.58. The lowest BCUT2D eigenvalue weighted by Crippen LogP contribution is -2.27. The molecule has 0 aliphatic heterocycles. The largest absolute Gasteiger partial charge is 0.507 e. The number of rotatable bonds is 3. The monoisotopic (exact) mass is 272 g/mol. The van der Waals surface area contributed by atoms with Crippen LogP contribution in [0, 0.1) is 0 Å². The van der Waals surface area contributed by atoms with Gasteiger partial charge in [0.25, 0.3) is 11.5 Å². The van der Waals surface area contributed by atoms with Gasteiger partial charge in [0.15, 0.2) is 0 Å². The van der Waals surface area contributed by atoms with Gasteiger partial charge in [-0.25, -0.2) is 10.4 Å². The number of carbonyl (C=O) groups is 1. The van der Waals surface area contributed by atoms with E-state index >= 15 is 0 Å². The maximum absolute atomic E-state index is 11.7. The lowest BCUT2D eigenvalue weighted by atomic mass is 10.1. The Bertz CT molecular complexity index is 721. The van der Waals surface area contributed by atoms with Crippen molar-refractivity contribution in [2.75, 3.05) is 0 Å². The molecule has 0 atom stereocenters. The van der Waals surface area contributed by atoms with E-state index in [0.29, 0.717) is 11.3 Å². The first kappa shape index (κ1) is 13.5. The number of amides is 1. The number of aromatic hydroxyl groups is 1. The number of aromatic amines is 1. The number of H-pyrrole nitrogens is 1. The van der Waals surface area contributed by atoms with Crippen molar-refractivity contribution in [1.82, 2.24) is 15.4 Å². The van der Waals surface area contributed by atoms with E-state index in [0.717, 1.165) is 6.20 Å². The minimum atomic E-state index is -0.672. The first-order valence-corrected chi connectivity index (χ1v) is 5.75. The molecule has 7 nitrogen and oxygen atoms in total. The van der Waals surface area contributed by atoms with Crippen LogP contribution < -0.4 is 11.0 Å². The van der Waals surface area contributed by atoms with Gasteiger partial charge in [-0.15, -0.1) is 0 Å². The Morgan fingerprint density at radius 1 is 1.35 bits per heavy atom. The van der Waals surface area contributed by atoms with Crippen LogP contribution in [0.1, 0.15) is 22.8 Å². The van der Waals surface area contributed by atoms with Crippen molar-refractivity contribution in [2.24, 2.45) is 5.10 Å². The second-order valence-electron chi connectivity index (χ2n) is 3.95. The maximum atomic E-state index is 11.7. The Hall–Kier alpha value is -2.96. The van der Waals surface area contributed by atoms with E-state index in [4.69, 9.17) is 0 Å². The summed E-state index contributed by atoms with van der Waals surface area (Å²) in [6.07, 6.45) is 2.34. The fourth-order valence-corrected chi connectivity index (χ4v) is 1.54. The number of aromatic nitrogens is 2. The summed E-state index contributed by atoms with van der Waals surface area (Å²) in [6, 6.07) is 6.60. The van der Waals surface area contributed by atoms with Crippen LogP contribution >= 0.6 is 0 Å². The Labute approximate surface area is 114 Å². The number of benzene rings is 1. The normalized spacial score (nSPS) is 11.2. The van der Waals surface area contributed by atoms with Crippen molar-refractivity contribution >= 4 is 11.6 Å². The first-order chi connectivity index (χ1) is 9.59. The SMILES string of the molecule is C/C(=N/NC(=O)c1cnc[nH]c1=O)c1ccccc1O. The molecule has 0 saturated heterocycles. The maximum Gasteiger partial charge on any atom is 0.278 e. The van der Waals surface area contributed by atoms with Crippen LogP contribution in [0.3, 0.4) is 0 Å². The van der Waals surface area contributed by atoms with Gasteiger partial charge in [-0.2, -0.15) is 5.10 Å². The summed E-state index contributed by atoms with van der Waals surface area (Å²) in [5.41, 5.74) is 2.46. The summed E-state index contributed by atoms with van der Waals surface area (Å²) in [7, 11) is 0. The van der Waals surface area contributed by atoms with Gasteiger partial charge in [0.2, 0.25) is 0 Å². The van der Waals surface area contributed by atoms with Gasteiger partial charge < -0.3 is 10.1 Å². The summed E-state index contributed by atoms with van der Waals surface area (Å²) in [5, 5.41) is 13.5. The van der Waals surface area contributed by atoms with Crippen LogP contribution in [0.15, 0.2) is 46.7 Å². The molecule has 0 spiro atoms. The van der Waals surface area contributed by atoms with Gasteiger partial charge in [0.1, 0.15) is 11.3 Å². The molecule has 2 aromatic rings. The zero-order valence-corrected chi connectivity index (χ0v) is 10.6. The van der Waals surface area contributed by atoms with E-state index in [9.17, 15) is 14.7 Å². The predicted molar refractivity (Wildman–Crippen MR) is 72.6 cm³/mol. The second kappa shape index (κ2) is 5.79. The minimum absolute atomic E-state index is 0.0576. The number of phenolic OH excluding ortho intramolecular Hbond substituents is 1. The number of hydrogen-bond donors (Lipinski definition) is 3. The summed E-state index contributed by atoms with van der Waals surface area (Å²) in [4.78, 5) is 29.1. The molecule has 7 heteroatoms. The first-order valence-electron chi connectivity index (χ1n) is 5.75.